The van der Waals surface area contributed by atoms with E-state index in [0.717, 1.165) is 30.9 Å². The zero-order chi connectivity index (χ0) is 15.2. The molecule has 0 radical (unpaired) electrons. The summed E-state index contributed by atoms with van der Waals surface area (Å²) in [5.41, 5.74) is 7.42. The van der Waals surface area contributed by atoms with Gasteiger partial charge < -0.3 is 15.8 Å². The van der Waals surface area contributed by atoms with Gasteiger partial charge in [0.15, 0.2) is 0 Å². The molecule has 0 spiro atoms. The van der Waals surface area contributed by atoms with Gasteiger partial charge in [0.1, 0.15) is 0 Å². The number of ether oxygens (including phenoxy) is 1. The van der Waals surface area contributed by atoms with Crippen LogP contribution in [0.25, 0.3) is 0 Å². The highest BCUT2D eigenvalue weighted by Gasteiger charge is 2.22. The van der Waals surface area contributed by atoms with Crippen LogP contribution in [0.3, 0.4) is 0 Å². The molecule has 0 aromatic heterocycles. The number of rotatable bonds is 5. The van der Waals surface area contributed by atoms with E-state index in [0.29, 0.717) is 13.0 Å². The molecule has 1 aliphatic rings. The molecule has 1 aromatic rings. The number of morpholine rings is 1. The molecule has 5 heteroatoms. The third-order valence-electron chi connectivity index (χ3n) is 3.55. The molecule has 5 nitrogen and oxygen atoms in total. The van der Waals surface area contributed by atoms with Gasteiger partial charge in [-0.15, -0.1) is 0 Å². The molecule has 21 heavy (non-hydrogen) atoms. The number of hydrogen-bond donors (Lipinski definition) is 2. The lowest BCUT2D eigenvalue weighted by Gasteiger charge is -2.35. The zero-order valence-corrected chi connectivity index (χ0v) is 12.8. The summed E-state index contributed by atoms with van der Waals surface area (Å²) < 4.78 is 5.76. The summed E-state index contributed by atoms with van der Waals surface area (Å²) in [6.45, 7) is 7.20. The molecule has 1 heterocycles. The van der Waals surface area contributed by atoms with Crippen LogP contribution in [0.15, 0.2) is 24.3 Å². The number of hydrogen-bond acceptors (Lipinski definition) is 4. The van der Waals surface area contributed by atoms with E-state index in [1.165, 1.54) is 0 Å². The first-order chi connectivity index (χ1) is 10.1. The van der Waals surface area contributed by atoms with Crippen LogP contribution in [-0.2, 0) is 16.1 Å². The molecule has 3 N–H and O–H groups in total. The normalized spacial score (nSPS) is 23.0. The maximum atomic E-state index is 11.7. The molecular formula is C16H25N3O2. The topological polar surface area (TPSA) is 67.6 Å². The van der Waals surface area contributed by atoms with Crippen LogP contribution in [0.1, 0.15) is 25.8 Å². The van der Waals surface area contributed by atoms with Gasteiger partial charge in [-0.2, -0.15) is 0 Å². The van der Waals surface area contributed by atoms with Crippen molar-refractivity contribution in [2.24, 2.45) is 5.73 Å². The number of nitrogens with zero attached hydrogens (tertiary/aromatic N) is 1. The molecule has 116 valence electrons. The predicted octanol–water partition coefficient (Wildman–Crippen LogP) is 1.58. The Morgan fingerprint density at radius 3 is 2.67 bits per heavy atom. The number of nitrogens with two attached hydrogens (primary N) is 1. The maximum Gasteiger partial charge on any atom is 0.225 e. The van der Waals surface area contributed by atoms with Crippen molar-refractivity contribution in [2.75, 3.05) is 25.0 Å². The number of carbonyl (C=O) groups is 1. The quantitative estimate of drug-likeness (QED) is 0.864. The van der Waals surface area contributed by atoms with Gasteiger partial charge in [-0.25, -0.2) is 0 Å². The van der Waals surface area contributed by atoms with Gasteiger partial charge in [-0.1, -0.05) is 18.2 Å². The van der Waals surface area contributed by atoms with Gasteiger partial charge in [0.05, 0.1) is 12.2 Å². The van der Waals surface area contributed by atoms with Crippen molar-refractivity contribution in [3.8, 4) is 0 Å². The summed E-state index contributed by atoms with van der Waals surface area (Å²) in [7, 11) is 0. The van der Waals surface area contributed by atoms with E-state index in [1.807, 2.05) is 18.2 Å². The number of benzene rings is 1. The third-order valence-corrected chi connectivity index (χ3v) is 3.55. The molecule has 2 rings (SSSR count). The Morgan fingerprint density at radius 1 is 1.33 bits per heavy atom. The number of nitrogens with one attached hydrogen (secondary N) is 1. The first-order valence-electron chi connectivity index (χ1n) is 7.54. The summed E-state index contributed by atoms with van der Waals surface area (Å²) >= 11 is 0. The van der Waals surface area contributed by atoms with Crippen LogP contribution in [0, 0.1) is 0 Å². The van der Waals surface area contributed by atoms with E-state index in [9.17, 15) is 4.79 Å². The van der Waals surface area contributed by atoms with Crippen molar-refractivity contribution in [1.29, 1.82) is 0 Å². The average Bonchev–Trinajstić information content (AvgIpc) is 2.40. The van der Waals surface area contributed by atoms with Crippen molar-refractivity contribution in [2.45, 2.75) is 39.0 Å². The molecule has 0 aliphatic carbocycles. The lowest BCUT2D eigenvalue weighted by Crippen LogP contribution is -2.44. The Labute approximate surface area is 126 Å². The zero-order valence-electron chi connectivity index (χ0n) is 12.8. The first-order valence-corrected chi connectivity index (χ1v) is 7.54. The molecule has 2 unspecified atom stereocenters. The standard InChI is InChI=1S/C16H25N3O2/c1-12-9-19(10-13(2)21-12)11-14-5-3-4-6-15(14)18-16(20)7-8-17/h3-6,12-13H,7-11,17H2,1-2H3,(H,18,20). The predicted molar refractivity (Wildman–Crippen MR) is 84.0 cm³/mol. The fourth-order valence-corrected chi connectivity index (χ4v) is 2.78. The minimum atomic E-state index is -0.0336. The number of amides is 1. The highest BCUT2D eigenvalue weighted by atomic mass is 16.5. The molecule has 1 aliphatic heterocycles. The van der Waals surface area contributed by atoms with Crippen LogP contribution in [0.2, 0.25) is 0 Å². The number of anilines is 1. The molecule has 1 aromatic carbocycles. The largest absolute Gasteiger partial charge is 0.373 e. The lowest BCUT2D eigenvalue weighted by molar-refractivity contribution is -0.116. The minimum Gasteiger partial charge on any atom is -0.373 e. The second-order valence-corrected chi connectivity index (χ2v) is 5.70. The van der Waals surface area contributed by atoms with Gasteiger partial charge in [-0.05, 0) is 25.5 Å². The average molecular weight is 291 g/mol. The maximum absolute atomic E-state index is 11.7. The summed E-state index contributed by atoms with van der Waals surface area (Å²) in [5, 5.41) is 2.95. The molecule has 1 amide bonds. The van der Waals surface area contributed by atoms with Crippen LogP contribution in [0.4, 0.5) is 5.69 Å². The summed E-state index contributed by atoms with van der Waals surface area (Å²) in [4.78, 5) is 14.1. The highest BCUT2D eigenvalue weighted by molar-refractivity contribution is 5.91. The smallest absolute Gasteiger partial charge is 0.225 e. The van der Waals surface area contributed by atoms with Crippen molar-refractivity contribution in [1.82, 2.24) is 4.90 Å². The van der Waals surface area contributed by atoms with Crippen molar-refractivity contribution < 1.29 is 9.53 Å². The van der Waals surface area contributed by atoms with Crippen molar-refractivity contribution >= 4 is 11.6 Å². The van der Waals surface area contributed by atoms with E-state index in [2.05, 4.69) is 30.1 Å². The molecule has 0 bridgehead atoms. The van der Waals surface area contributed by atoms with Crippen LogP contribution in [-0.4, -0.2) is 42.6 Å². The van der Waals surface area contributed by atoms with E-state index in [4.69, 9.17) is 10.5 Å². The summed E-state index contributed by atoms with van der Waals surface area (Å²) in [5.74, 6) is -0.0336. The minimum absolute atomic E-state index is 0.0336. The molecule has 1 fully saturated rings. The fraction of sp³-hybridized carbons (Fsp3) is 0.562. The Bertz CT molecular complexity index is 468. The second-order valence-electron chi connectivity index (χ2n) is 5.70. The lowest BCUT2D eigenvalue weighted by atomic mass is 10.1. The Morgan fingerprint density at radius 2 is 2.00 bits per heavy atom. The van der Waals surface area contributed by atoms with E-state index in [1.54, 1.807) is 0 Å². The van der Waals surface area contributed by atoms with Crippen LogP contribution < -0.4 is 11.1 Å². The van der Waals surface area contributed by atoms with Crippen LogP contribution >= 0.6 is 0 Å². The third kappa shape index (κ3) is 4.81. The Hall–Kier alpha value is -1.43. The summed E-state index contributed by atoms with van der Waals surface area (Å²) in [6, 6.07) is 7.94. The van der Waals surface area contributed by atoms with Crippen LogP contribution in [0.5, 0.6) is 0 Å². The van der Waals surface area contributed by atoms with Gasteiger partial charge in [-0.3, -0.25) is 9.69 Å². The van der Waals surface area contributed by atoms with Gasteiger partial charge >= 0.3 is 0 Å². The van der Waals surface area contributed by atoms with Gasteiger partial charge in [0, 0.05) is 38.3 Å². The van der Waals surface area contributed by atoms with Gasteiger partial charge in [0.25, 0.3) is 0 Å². The van der Waals surface area contributed by atoms with Gasteiger partial charge in [0.2, 0.25) is 5.91 Å². The van der Waals surface area contributed by atoms with Crippen molar-refractivity contribution in [3.63, 3.8) is 0 Å². The summed E-state index contributed by atoms with van der Waals surface area (Å²) in [6.07, 6.45) is 0.834. The van der Waals surface area contributed by atoms with Crippen molar-refractivity contribution in [3.05, 3.63) is 29.8 Å². The molecule has 2 atom stereocenters. The fourth-order valence-electron chi connectivity index (χ4n) is 2.78. The van der Waals surface area contributed by atoms with E-state index < -0.39 is 0 Å². The second kappa shape index (κ2) is 7.54. The highest BCUT2D eigenvalue weighted by Crippen LogP contribution is 2.20. The monoisotopic (exact) mass is 291 g/mol. The van der Waals surface area contributed by atoms with E-state index >= 15 is 0 Å². The Kier molecular flexibility index (Phi) is 5.73. The Balaban J connectivity index is 2.04. The molecular weight excluding hydrogens is 266 g/mol. The SMILES string of the molecule is CC1CN(Cc2ccccc2NC(=O)CCN)CC(C)O1. The molecule has 1 saturated heterocycles. The molecule has 0 saturated carbocycles. The number of para-hydroxylation sites is 1. The first kappa shape index (κ1) is 15.9. The van der Waals surface area contributed by atoms with E-state index in [-0.39, 0.29) is 18.1 Å². The number of carbonyl (C=O) groups excluding carboxylic acids is 1.